The first-order chi connectivity index (χ1) is 38.3. The monoisotopic (exact) mass is 1150 g/mol. The van der Waals surface area contributed by atoms with Crippen molar-refractivity contribution in [1.29, 1.82) is 0 Å². The molecular weight excluding hydrogens is 1040 g/mol. The molecule has 81 heavy (non-hydrogen) atoms. The quantitative estimate of drug-likeness (QED) is 0.0782. The number of nitrogens with zero attached hydrogens (tertiary/aromatic N) is 1. The van der Waals surface area contributed by atoms with E-state index in [0.29, 0.717) is 55.3 Å². The number of likely N-dealkylation sites (N-methyl/N-ethyl adjacent to an activating group) is 1. The lowest BCUT2D eigenvalue weighted by molar-refractivity contribution is -0.338. The molecule has 6 saturated carbocycles. The van der Waals surface area contributed by atoms with Gasteiger partial charge in [0, 0.05) is 51.9 Å². The van der Waals surface area contributed by atoms with Crippen molar-refractivity contribution in [2.24, 2.45) is 63.6 Å². The van der Waals surface area contributed by atoms with Gasteiger partial charge >= 0.3 is 0 Å². The van der Waals surface area contributed by atoms with Crippen molar-refractivity contribution in [2.75, 3.05) is 33.8 Å². The molecule has 2 aliphatic heterocycles. The van der Waals surface area contributed by atoms with E-state index in [-0.39, 0.29) is 65.5 Å². The summed E-state index contributed by atoms with van der Waals surface area (Å²) in [5.41, 5.74) is 0.0771. The second-order valence-electron chi connectivity index (χ2n) is 27.7. The minimum Gasteiger partial charge on any atom is -0.394 e. The summed E-state index contributed by atoms with van der Waals surface area (Å²) >= 11 is 0. The van der Waals surface area contributed by atoms with Crippen molar-refractivity contribution in [3.05, 3.63) is 0 Å². The molecule has 10 N–H and O–H groups in total. The van der Waals surface area contributed by atoms with E-state index in [2.05, 4.69) is 43.6 Å². The maximum atomic E-state index is 14.3. The third-order valence-corrected chi connectivity index (χ3v) is 22.3. The van der Waals surface area contributed by atoms with Gasteiger partial charge in [-0.25, -0.2) is 0 Å². The molecule has 7 unspecified atom stereocenters. The number of aliphatic hydroxyl groups excluding tert-OH is 7. The zero-order valence-electron chi connectivity index (χ0n) is 50.1. The molecule has 464 valence electrons. The summed E-state index contributed by atoms with van der Waals surface area (Å²) in [5, 5.41) is 86.3. The van der Waals surface area contributed by atoms with Crippen LogP contribution in [0.2, 0.25) is 0 Å². The number of hydrogen-bond acceptors (Lipinski definition) is 16. The molecule has 0 aromatic rings. The van der Waals surface area contributed by atoms with Crippen LogP contribution in [0.15, 0.2) is 0 Å². The fourth-order valence-electron chi connectivity index (χ4n) is 17.5. The Morgan fingerprint density at radius 1 is 0.778 bits per heavy atom. The van der Waals surface area contributed by atoms with Crippen molar-refractivity contribution in [2.45, 2.75) is 262 Å². The van der Waals surface area contributed by atoms with E-state index in [4.69, 9.17) is 23.7 Å². The second-order valence-corrected chi connectivity index (χ2v) is 27.7. The first-order valence-electron chi connectivity index (χ1n) is 31.3. The largest absolute Gasteiger partial charge is 0.394 e. The second kappa shape index (κ2) is 27.0. The van der Waals surface area contributed by atoms with Crippen LogP contribution in [0.3, 0.4) is 0 Å². The van der Waals surface area contributed by atoms with E-state index in [1.165, 1.54) is 11.8 Å². The van der Waals surface area contributed by atoms with Gasteiger partial charge in [-0.3, -0.25) is 19.2 Å². The first kappa shape index (κ1) is 64.4. The molecule has 0 aromatic heterocycles. The van der Waals surface area contributed by atoms with Crippen molar-refractivity contribution in [1.82, 2.24) is 20.9 Å². The third kappa shape index (κ3) is 13.8. The topological polar surface area (TPSA) is 295 Å². The molecule has 2 saturated heterocycles. The smallest absolute Gasteiger partial charge is 0.251 e. The number of nitrogens with one attached hydrogen (secondary N) is 3. The minimum absolute atomic E-state index is 0.0263. The van der Waals surface area contributed by atoms with Gasteiger partial charge in [0.2, 0.25) is 17.7 Å². The van der Waals surface area contributed by atoms with Gasteiger partial charge in [0.15, 0.2) is 12.6 Å². The van der Waals surface area contributed by atoms with Gasteiger partial charge in [-0.1, -0.05) is 73.1 Å². The van der Waals surface area contributed by atoms with Gasteiger partial charge in [-0.15, -0.1) is 0 Å². The van der Waals surface area contributed by atoms with Crippen molar-refractivity contribution in [3.63, 3.8) is 0 Å². The number of fused-ring (bicyclic) bond motifs is 5. The van der Waals surface area contributed by atoms with Crippen LogP contribution < -0.4 is 16.0 Å². The van der Waals surface area contributed by atoms with Crippen LogP contribution in [0.5, 0.6) is 0 Å². The first-order valence-corrected chi connectivity index (χ1v) is 31.3. The summed E-state index contributed by atoms with van der Waals surface area (Å²) in [4.78, 5) is 56.0. The van der Waals surface area contributed by atoms with Gasteiger partial charge in [0.05, 0.1) is 37.1 Å². The summed E-state index contributed by atoms with van der Waals surface area (Å²) < 4.78 is 32.2. The average molecular weight is 1150 g/mol. The molecule has 4 amide bonds. The fraction of sp³-hybridized carbons (Fsp3) is 0.934. The molecule has 6 aliphatic carbocycles. The normalized spacial score (nSPS) is 44.4. The molecule has 0 radical (unpaired) electrons. The lowest BCUT2D eigenvalue weighted by atomic mass is 9.39. The van der Waals surface area contributed by atoms with E-state index in [0.717, 1.165) is 89.9 Å². The molecule has 8 fully saturated rings. The molecule has 20 heteroatoms. The minimum atomic E-state index is -1.65. The summed E-state index contributed by atoms with van der Waals surface area (Å²) in [5.74, 6) is -0.220. The van der Waals surface area contributed by atoms with Crippen LogP contribution in [0, 0.1) is 63.6 Å². The van der Waals surface area contributed by atoms with Crippen molar-refractivity contribution >= 4 is 23.6 Å². The standard InChI is InChI=1S/C61H104N4O16/c1-10-36-25-37(55(75)63-23-22-62-47(70)17-16-32(2)38-27-45-59(5,30-38)20-19-44-60(6)21-18-40(68)28-39(60)29-46(69)61(44,45)7)26-41(53(36)81-58-52(74)51(73)49(71)33(3)77-58)79-57-48(64-34(4)67)54(50(72)43(31-66)80-57)78-42(56(76)65(8)9)24-35-14-12-11-13-15-35/h32-33,35-46,48-54,57-58,66,68-69,71-74H,10-31H2,1-9H3,(H,62,70)(H,63,75)(H,64,67)/t32-,33?,36?,37?,38+,39+,40-,41-,42+,43-,44-,45-,46-,48-,49?,50+,51?,52?,53-,54-,57+,58?,59-,60+,61-/m1/s1. The van der Waals surface area contributed by atoms with Gasteiger partial charge in [0.25, 0.3) is 5.91 Å². The number of aliphatic hydroxyl groups is 7. The molecule has 2 heterocycles. The van der Waals surface area contributed by atoms with Gasteiger partial charge in [-0.05, 0) is 136 Å². The Balaban J connectivity index is 0.912. The molecular formula is C61H104N4O16. The summed E-state index contributed by atoms with van der Waals surface area (Å²) in [6, 6.07) is -1.24. The Morgan fingerprint density at radius 2 is 1.49 bits per heavy atom. The maximum absolute atomic E-state index is 14.3. The zero-order valence-corrected chi connectivity index (χ0v) is 50.1. The number of amides is 4. The Labute approximate surface area is 481 Å². The molecule has 25 atom stereocenters. The maximum Gasteiger partial charge on any atom is 0.251 e. The fourth-order valence-corrected chi connectivity index (χ4v) is 17.5. The van der Waals surface area contributed by atoms with Gasteiger partial charge in [-0.2, -0.15) is 0 Å². The van der Waals surface area contributed by atoms with Crippen LogP contribution in [0.1, 0.15) is 170 Å². The lowest BCUT2D eigenvalue weighted by Gasteiger charge is -2.66. The van der Waals surface area contributed by atoms with Crippen LogP contribution in [-0.2, 0) is 42.9 Å². The molecule has 20 nitrogen and oxygen atoms in total. The Morgan fingerprint density at radius 3 is 2.17 bits per heavy atom. The van der Waals surface area contributed by atoms with Crippen molar-refractivity contribution in [3.8, 4) is 0 Å². The highest BCUT2D eigenvalue weighted by Gasteiger charge is 2.67. The molecule has 0 bridgehead atoms. The van der Waals surface area contributed by atoms with E-state index >= 15 is 0 Å². The number of ether oxygens (including phenoxy) is 5. The highest BCUT2D eigenvalue weighted by Crippen LogP contribution is 2.72. The highest BCUT2D eigenvalue weighted by atomic mass is 16.7. The number of carbonyl (C=O) groups excluding carboxylic acids is 4. The number of hydrogen-bond donors (Lipinski definition) is 10. The molecule has 8 aliphatic rings. The van der Waals surface area contributed by atoms with E-state index in [1.807, 2.05) is 6.92 Å². The Bertz CT molecular complexity index is 2120. The predicted molar refractivity (Wildman–Crippen MR) is 298 cm³/mol. The van der Waals surface area contributed by atoms with Crippen LogP contribution in [0.25, 0.3) is 0 Å². The Kier molecular flexibility index (Phi) is 21.5. The van der Waals surface area contributed by atoms with Gasteiger partial charge in [0.1, 0.15) is 48.8 Å². The van der Waals surface area contributed by atoms with Crippen molar-refractivity contribution < 1.29 is 78.6 Å². The SMILES string of the molecule is CCC1CC(C(=O)NCCNC(=O)CC[C@@H](C)[C@H]2C[C@@H]3[C@](C)(CC[C@@H]4[C@@]5(C)CC[C@@H](O)C[C@H]5C[C@@H](O)[C@@]34C)C2)C[C@@H](O[C@H]2O[C@H](CO)[C@H](O)[C@H](O[C@@H](CC3CCCCC3)C(=O)N(C)C)[C@H]2NC(C)=O)[C@@H]1OC1OC(C)C(O)C(O)C1O. The lowest BCUT2D eigenvalue weighted by Crippen LogP contribution is -2.67. The Hall–Kier alpha value is -2.60. The molecule has 0 spiro atoms. The summed E-state index contributed by atoms with van der Waals surface area (Å²) in [6.45, 7) is 13.9. The molecule has 0 aromatic carbocycles. The van der Waals surface area contributed by atoms with E-state index in [1.54, 1.807) is 21.0 Å². The number of carbonyl (C=O) groups is 4. The highest BCUT2D eigenvalue weighted by molar-refractivity contribution is 5.80. The summed E-state index contributed by atoms with van der Waals surface area (Å²) in [7, 11) is 3.24. The zero-order chi connectivity index (χ0) is 58.9. The number of rotatable bonds is 20. The molecule has 8 rings (SSSR count). The predicted octanol–water partition coefficient (Wildman–Crippen LogP) is 3.45. The summed E-state index contributed by atoms with van der Waals surface area (Å²) in [6.07, 6.45) is -1.15. The van der Waals surface area contributed by atoms with E-state index in [9.17, 15) is 54.9 Å². The third-order valence-electron chi connectivity index (χ3n) is 22.3. The van der Waals surface area contributed by atoms with Crippen LogP contribution in [0.4, 0.5) is 0 Å². The van der Waals surface area contributed by atoms with E-state index < -0.39 is 110 Å². The van der Waals surface area contributed by atoms with Crippen LogP contribution >= 0.6 is 0 Å². The average Bonchev–Trinajstić information content (AvgIpc) is 4.10. The van der Waals surface area contributed by atoms with Gasteiger partial charge < -0.3 is 80.3 Å². The van der Waals surface area contributed by atoms with Crippen LogP contribution in [-0.4, -0.2) is 190 Å².